The minimum absolute atomic E-state index is 0.0802. The molecule has 0 aliphatic heterocycles. The number of rotatable bonds is 4. The molecule has 0 N–H and O–H groups in total. The van der Waals surface area contributed by atoms with Crippen molar-refractivity contribution in [3.05, 3.63) is 42.0 Å². The van der Waals surface area contributed by atoms with Crippen molar-refractivity contribution in [1.29, 1.82) is 0 Å². The fourth-order valence-electron chi connectivity index (χ4n) is 2.90. The Morgan fingerprint density at radius 3 is 2.26 bits per heavy atom. The fraction of sp³-hybridized carbons (Fsp3) is 0.474. The zero-order chi connectivity index (χ0) is 17.4. The highest BCUT2D eigenvalue weighted by atomic mass is 32.2. The number of fused-ring (bicyclic) bond motifs is 1. The van der Waals surface area contributed by atoms with Crippen LogP contribution in [0.1, 0.15) is 40.2 Å². The molecule has 1 atom stereocenters. The highest BCUT2D eigenvalue weighted by Gasteiger charge is 2.35. The highest BCUT2D eigenvalue weighted by Crippen LogP contribution is 2.32. The predicted octanol–water partition coefficient (Wildman–Crippen LogP) is 4.59. The topological polar surface area (TPSA) is 37.4 Å². The molecule has 2 rings (SSSR count). The van der Waals surface area contributed by atoms with Crippen LogP contribution in [0, 0.1) is 12.3 Å². The third kappa shape index (κ3) is 3.29. The van der Waals surface area contributed by atoms with Gasteiger partial charge in [0.05, 0.1) is 4.90 Å². The van der Waals surface area contributed by atoms with Gasteiger partial charge >= 0.3 is 0 Å². The van der Waals surface area contributed by atoms with Gasteiger partial charge in [0.2, 0.25) is 10.0 Å². The minimum Gasteiger partial charge on any atom is -0.207 e. The predicted molar refractivity (Wildman–Crippen MR) is 97.2 cm³/mol. The quantitative estimate of drug-likeness (QED) is 0.820. The van der Waals surface area contributed by atoms with E-state index in [0.717, 1.165) is 16.3 Å². The van der Waals surface area contributed by atoms with Crippen LogP contribution in [0.4, 0.5) is 0 Å². The first-order chi connectivity index (χ1) is 10.6. The molecule has 0 fully saturated rings. The molecule has 2 aromatic carbocycles. The maximum absolute atomic E-state index is 13.2. The maximum atomic E-state index is 13.2. The normalized spacial score (nSPS) is 14.4. The number of nitrogens with zero attached hydrogens (tertiary/aromatic N) is 1. The molecule has 3 nitrogen and oxygen atoms in total. The van der Waals surface area contributed by atoms with Crippen LogP contribution < -0.4 is 0 Å². The molecule has 0 heterocycles. The van der Waals surface area contributed by atoms with Crippen molar-refractivity contribution in [3.8, 4) is 0 Å². The van der Waals surface area contributed by atoms with Crippen molar-refractivity contribution >= 4 is 20.8 Å². The molecular formula is C19H27NO2S. The van der Waals surface area contributed by atoms with Crippen molar-refractivity contribution < 1.29 is 8.42 Å². The summed E-state index contributed by atoms with van der Waals surface area (Å²) in [6, 6.07) is 11.5. The van der Waals surface area contributed by atoms with Gasteiger partial charge in [0.25, 0.3) is 0 Å². The molecule has 0 unspecified atom stereocenters. The van der Waals surface area contributed by atoms with E-state index in [4.69, 9.17) is 0 Å². The summed E-state index contributed by atoms with van der Waals surface area (Å²) in [6.07, 6.45) is 0. The number of sulfonamides is 1. The van der Waals surface area contributed by atoms with Crippen LogP contribution in [-0.4, -0.2) is 25.3 Å². The molecule has 0 bridgehead atoms. The Labute approximate surface area is 140 Å². The van der Waals surface area contributed by atoms with Crippen molar-refractivity contribution in [1.82, 2.24) is 4.31 Å². The van der Waals surface area contributed by atoms with E-state index < -0.39 is 10.0 Å². The lowest BCUT2D eigenvalue weighted by Gasteiger charge is -2.36. The lowest BCUT2D eigenvalue weighted by atomic mass is 9.88. The van der Waals surface area contributed by atoms with Gasteiger partial charge in [0.1, 0.15) is 0 Å². The third-order valence-corrected chi connectivity index (χ3v) is 6.92. The van der Waals surface area contributed by atoms with E-state index in [0.29, 0.717) is 11.4 Å². The summed E-state index contributed by atoms with van der Waals surface area (Å²) in [5.74, 6) is 0. The molecule has 0 saturated heterocycles. The smallest absolute Gasteiger partial charge is 0.207 e. The maximum Gasteiger partial charge on any atom is 0.243 e. The van der Waals surface area contributed by atoms with E-state index in [1.807, 2.05) is 51.1 Å². The molecule has 0 saturated carbocycles. The summed E-state index contributed by atoms with van der Waals surface area (Å²) < 4.78 is 28.1. The largest absolute Gasteiger partial charge is 0.243 e. The standard InChI is InChI=1S/C19H27NO2S/c1-7-20(15(3)19(4,5)6)23(21,22)18-13-12-16-10-8-9-11-17(16)14(18)2/h8-13,15H,7H2,1-6H3/t15-/m0/s1. The van der Waals surface area contributed by atoms with Gasteiger partial charge in [-0.3, -0.25) is 0 Å². The van der Waals surface area contributed by atoms with Crippen molar-refractivity contribution in [2.75, 3.05) is 6.54 Å². The monoisotopic (exact) mass is 333 g/mol. The molecule has 4 heteroatoms. The van der Waals surface area contributed by atoms with Crippen molar-refractivity contribution in [2.24, 2.45) is 5.41 Å². The number of hydrogen-bond acceptors (Lipinski definition) is 2. The van der Waals surface area contributed by atoms with Crippen LogP contribution in [0.25, 0.3) is 10.8 Å². The van der Waals surface area contributed by atoms with Gasteiger partial charge in [0.15, 0.2) is 0 Å². The van der Waals surface area contributed by atoms with Crippen LogP contribution in [0.15, 0.2) is 41.3 Å². The van der Waals surface area contributed by atoms with E-state index >= 15 is 0 Å². The summed E-state index contributed by atoms with van der Waals surface area (Å²) in [6.45, 7) is 12.5. The molecule has 0 amide bonds. The third-order valence-electron chi connectivity index (χ3n) is 4.73. The van der Waals surface area contributed by atoms with Crippen LogP contribution in [-0.2, 0) is 10.0 Å². The average molecular weight is 333 g/mol. The fourth-order valence-corrected chi connectivity index (χ4v) is 4.96. The Morgan fingerprint density at radius 2 is 1.70 bits per heavy atom. The molecule has 23 heavy (non-hydrogen) atoms. The molecule has 0 radical (unpaired) electrons. The van der Waals surface area contributed by atoms with E-state index in [-0.39, 0.29) is 11.5 Å². The van der Waals surface area contributed by atoms with E-state index in [9.17, 15) is 8.42 Å². The van der Waals surface area contributed by atoms with Gasteiger partial charge < -0.3 is 0 Å². The molecule has 0 aliphatic rings. The summed E-state index contributed by atoms with van der Waals surface area (Å²) in [5.41, 5.74) is 0.705. The molecule has 0 aliphatic carbocycles. The zero-order valence-electron chi connectivity index (χ0n) is 14.9. The first-order valence-electron chi connectivity index (χ1n) is 8.11. The lowest BCUT2D eigenvalue weighted by Crippen LogP contribution is -2.45. The first-order valence-corrected chi connectivity index (χ1v) is 9.55. The molecule has 126 valence electrons. The first kappa shape index (κ1) is 18.0. The van der Waals surface area contributed by atoms with Gasteiger partial charge in [-0.15, -0.1) is 0 Å². The van der Waals surface area contributed by atoms with Gasteiger partial charge in [-0.1, -0.05) is 58.0 Å². The second-order valence-corrected chi connectivity index (χ2v) is 9.02. The Hall–Kier alpha value is -1.39. The average Bonchev–Trinajstić information content (AvgIpc) is 2.47. The minimum atomic E-state index is -3.52. The Balaban J connectivity index is 2.61. The highest BCUT2D eigenvalue weighted by molar-refractivity contribution is 7.89. The lowest BCUT2D eigenvalue weighted by molar-refractivity contribution is 0.198. The van der Waals surface area contributed by atoms with E-state index in [2.05, 4.69) is 20.8 Å². The van der Waals surface area contributed by atoms with Gasteiger partial charge in [-0.05, 0) is 41.7 Å². The zero-order valence-corrected chi connectivity index (χ0v) is 15.7. The van der Waals surface area contributed by atoms with Crippen molar-refractivity contribution in [2.45, 2.75) is 52.5 Å². The molecule has 0 spiro atoms. The number of aryl methyl sites for hydroxylation is 1. The number of hydrogen-bond donors (Lipinski definition) is 0. The second kappa shape index (κ2) is 6.25. The van der Waals surface area contributed by atoms with E-state index in [1.165, 1.54) is 0 Å². The Bertz CT molecular complexity index is 804. The van der Waals surface area contributed by atoms with Gasteiger partial charge in [-0.2, -0.15) is 4.31 Å². The molecule has 0 aromatic heterocycles. The van der Waals surface area contributed by atoms with Gasteiger partial charge in [-0.25, -0.2) is 8.42 Å². The van der Waals surface area contributed by atoms with Gasteiger partial charge in [0, 0.05) is 12.6 Å². The summed E-state index contributed by atoms with van der Waals surface area (Å²) in [7, 11) is -3.52. The number of benzene rings is 2. The van der Waals surface area contributed by atoms with Crippen LogP contribution >= 0.6 is 0 Å². The van der Waals surface area contributed by atoms with Crippen LogP contribution in [0.5, 0.6) is 0 Å². The van der Waals surface area contributed by atoms with Crippen LogP contribution in [0.2, 0.25) is 0 Å². The Kier molecular flexibility index (Phi) is 4.88. The Morgan fingerprint density at radius 1 is 1.09 bits per heavy atom. The summed E-state index contributed by atoms with van der Waals surface area (Å²) >= 11 is 0. The summed E-state index contributed by atoms with van der Waals surface area (Å²) in [4.78, 5) is 0.411. The molecule has 2 aromatic rings. The van der Waals surface area contributed by atoms with E-state index in [1.54, 1.807) is 10.4 Å². The SMILES string of the molecule is CCN([C@@H](C)C(C)(C)C)S(=O)(=O)c1ccc2ccccc2c1C. The summed E-state index contributed by atoms with van der Waals surface area (Å²) in [5, 5.41) is 2.06. The second-order valence-electron chi connectivity index (χ2n) is 7.16. The van der Waals surface area contributed by atoms with Crippen molar-refractivity contribution in [3.63, 3.8) is 0 Å². The van der Waals surface area contributed by atoms with Crippen LogP contribution in [0.3, 0.4) is 0 Å². The molecular weight excluding hydrogens is 306 g/mol.